The van der Waals surface area contributed by atoms with Crippen molar-refractivity contribution >= 4 is 32.3 Å². The summed E-state index contributed by atoms with van der Waals surface area (Å²) < 4.78 is 43.4. The number of hydrogen-bond acceptors (Lipinski definition) is 7. The van der Waals surface area contributed by atoms with Gasteiger partial charge in [-0.2, -0.15) is 4.52 Å². The van der Waals surface area contributed by atoms with Crippen molar-refractivity contribution in [2.45, 2.75) is 18.6 Å². The Balaban J connectivity index is 2.19. The highest BCUT2D eigenvalue weighted by molar-refractivity contribution is 7.91. The van der Waals surface area contributed by atoms with Gasteiger partial charge in [-0.3, -0.25) is 0 Å². The zero-order valence-electron chi connectivity index (χ0n) is 13.3. The smallest absolute Gasteiger partial charge is 0.223 e. The summed E-state index contributed by atoms with van der Waals surface area (Å²) in [6.07, 6.45) is 1.28. The zero-order chi connectivity index (χ0) is 17.6. The van der Waals surface area contributed by atoms with E-state index < -0.39 is 20.9 Å². The summed E-state index contributed by atoms with van der Waals surface area (Å²) >= 11 is 0. The summed E-state index contributed by atoms with van der Waals surface area (Å²) in [4.78, 5) is 8.48. The van der Waals surface area contributed by atoms with Crippen molar-refractivity contribution in [2.24, 2.45) is 0 Å². The highest BCUT2D eigenvalue weighted by atomic mass is 32.2. The van der Waals surface area contributed by atoms with Crippen LogP contribution in [0.15, 0.2) is 12.1 Å². The van der Waals surface area contributed by atoms with E-state index >= 15 is 0 Å². The molecule has 0 aliphatic carbocycles. The van der Waals surface area contributed by atoms with Gasteiger partial charge >= 0.3 is 0 Å². The molecule has 0 saturated carbocycles. The number of sulfone groups is 1. The fourth-order valence-electron chi connectivity index (χ4n) is 2.33. The molecule has 10 heteroatoms. The molecule has 0 spiro atoms. The molecular weight excluding hydrogens is 337 g/mol. The Morgan fingerprint density at radius 3 is 2.71 bits per heavy atom. The van der Waals surface area contributed by atoms with Gasteiger partial charge in [0.25, 0.3) is 0 Å². The molecular formula is C14H16FN5O3S. The maximum atomic E-state index is 14.0. The number of ether oxygens (including phenoxy) is 1. The SMILES string of the molecule is COc1cc2nc(N)n3nc(C[C@H](C)S(C)(=O)=O)nc3c2cc1F. The van der Waals surface area contributed by atoms with Crippen molar-refractivity contribution in [1.82, 2.24) is 19.6 Å². The minimum absolute atomic E-state index is 0.0455. The average molecular weight is 353 g/mol. The molecule has 3 aromatic rings. The fraction of sp³-hybridized carbons (Fsp3) is 0.357. The molecule has 0 aliphatic heterocycles. The molecule has 1 aromatic carbocycles. The Morgan fingerprint density at radius 2 is 2.08 bits per heavy atom. The third kappa shape index (κ3) is 2.73. The molecule has 2 N–H and O–H groups in total. The third-order valence-electron chi connectivity index (χ3n) is 3.81. The van der Waals surface area contributed by atoms with Crippen LogP contribution in [0.25, 0.3) is 16.6 Å². The molecule has 128 valence electrons. The van der Waals surface area contributed by atoms with E-state index in [2.05, 4.69) is 15.1 Å². The van der Waals surface area contributed by atoms with Gasteiger partial charge in [0.2, 0.25) is 5.95 Å². The van der Waals surface area contributed by atoms with Gasteiger partial charge in [-0.15, -0.1) is 5.10 Å². The number of aromatic nitrogens is 4. The number of nitrogen functional groups attached to an aromatic ring is 1. The van der Waals surface area contributed by atoms with Crippen molar-refractivity contribution in [1.29, 1.82) is 0 Å². The monoisotopic (exact) mass is 353 g/mol. The molecule has 0 unspecified atom stereocenters. The van der Waals surface area contributed by atoms with Gasteiger partial charge < -0.3 is 10.5 Å². The maximum absolute atomic E-state index is 14.0. The lowest BCUT2D eigenvalue weighted by Gasteiger charge is -2.05. The van der Waals surface area contributed by atoms with Crippen LogP contribution in [0.1, 0.15) is 12.7 Å². The Kier molecular flexibility index (Phi) is 3.78. The molecule has 0 amide bonds. The largest absolute Gasteiger partial charge is 0.494 e. The summed E-state index contributed by atoms with van der Waals surface area (Å²) in [5.74, 6) is -0.154. The minimum atomic E-state index is -3.22. The summed E-state index contributed by atoms with van der Waals surface area (Å²) in [7, 11) is -1.86. The van der Waals surface area contributed by atoms with Crippen LogP contribution in [-0.4, -0.2) is 46.6 Å². The van der Waals surface area contributed by atoms with E-state index in [1.807, 2.05) is 0 Å². The van der Waals surface area contributed by atoms with E-state index in [-0.39, 0.29) is 18.1 Å². The van der Waals surface area contributed by atoms with Crippen molar-refractivity contribution in [3.8, 4) is 5.75 Å². The van der Waals surface area contributed by atoms with Crippen LogP contribution in [0, 0.1) is 5.82 Å². The Morgan fingerprint density at radius 1 is 1.38 bits per heavy atom. The predicted molar refractivity (Wildman–Crippen MR) is 87.2 cm³/mol. The second kappa shape index (κ2) is 5.55. The number of anilines is 1. The zero-order valence-corrected chi connectivity index (χ0v) is 14.1. The molecule has 2 heterocycles. The first-order chi connectivity index (χ1) is 11.2. The van der Waals surface area contributed by atoms with Gasteiger partial charge in [0.1, 0.15) is 9.84 Å². The predicted octanol–water partition coefficient (Wildman–Crippen LogP) is 0.983. The molecule has 24 heavy (non-hydrogen) atoms. The van der Waals surface area contributed by atoms with Crippen molar-refractivity contribution in [3.05, 3.63) is 23.8 Å². The van der Waals surface area contributed by atoms with Crippen LogP contribution in [0.5, 0.6) is 5.75 Å². The number of hydrogen-bond donors (Lipinski definition) is 1. The van der Waals surface area contributed by atoms with Crippen LogP contribution in [0.3, 0.4) is 0 Å². The molecule has 3 rings (SSSR count). The van der Waals surface area contributed by atoms with Crippen molar-refractivity contribution < 1.29 is 17.5 Å². The van der Waals surface area contributed by atoms with Crippen LogP contribution in [0.4, 0.5) is 10.3 Å². The number of nitrogens with zero attached hydrogens (tertiary/aromatic N) is 4. The average Bonchev–Trinajstić information content (AvgIpc) is 2.91. The number of benzene rings is 1. The quantitative estimate of drug-likeness (QED) is 0.744. The van der Waals surface area contributed by atoms with Gasteiger partial charge in [-0.05, 0) is 13.0 Å². The van der Waals surface area contributed by atoms with E-state index in [0.717, 1.165) is 6.26 Å². The number of halogens is 1. The minimum Gasteiger partial charge on any atom is -0.494 e. The van der Waals surface area contributed by atoms with Crippen LogP contribution < -0.4 is 10.5 Å². The van der Waals surface area contributed by atoms with E-state index in [4.69, 9.17) is 10.5 Å². The van der Waals surface area contributed by atoms with E-state index in [1.54, 1.807) is 6.92 Å². The van der Waals surface area contributed by atoms with Crippen LogP contribution >= 0.6 is 0 Å². The first-order valence-electron chi connectivity index (χ1n) is 7.08. The Bertz CT molecular complexity index is 1050. The topological polar surface area (TPSA) is 112 Å². The van der Waals surface area contributed by atoms with Gasteiger partial charge in [0.05, 0.1) is 17.9 Å². The molecule has 0 fully saturated rings. The molecule has 0 bridgehead atoms. The summed E-state index contributed by atoms with van der Waals surface area (Å²) in [6.45, 7) is 1.57. The van der Waals surface area contributed by atoms with Crippen LogP contribution in [-0.2, 0) is 16.3 Å². The Hall–Kier alpha value is -2.49. The number of rotatable bonds is 4. The third-order valence-corrected chi connectivity index (χ3v) is 5.44. The van der Waals surface area contributed by atoms with Gasteiger partial charge in [-0.25, -0.2) is 22.8 Å². The van der Waals surface area contributed by atoms with E-state index in [0.29, 0.717) is 22.4 Å². The fourth-order valence-corrected chi connectivity index (χ4v) is 2.78. The first kappa shape index (κ1) is 16.4. The molecule has 0 aliphatic rings. The molecule has 0 saturated heterocycles. The lowest BCUT2D eigenvalue weighted by molar-refractivity contribution is 0.387. The standard InChI is InChI=1S/C14H16FN5O3S/c1-7(24(3,21)22)4-12-18-13-8-5-9(15)11(23-2)6-10(8)17-14(16)20(13)19-12/h5-7H,4H2,1-3H3,(H2,16,17)/t7-/m0/s1. The molecule has 0 radical (unpaired) electrons. The van der Waals surface area contributed by atoms with Gasteiger partial charge in [0.15, 0.2) is 23.0 Å². The van der Waals surface area contributed by atoms with Crippen molar-refractivity contribution in [3.63, 3.8) is 0 Å². The molecule has 1 atom stereocenters. The lowest BCUT2D eigenvalue weighted by Crippen LogP contribution is -2.19. The second-order valence-electron chi connectivity index (χ2n) is 5.58. The number of methoxy groups -OCH3 is 1. The summed E-state index contributed by atoms with van der Waals surface area (Å²) in [5, 5.41) is 3.95. The highest BCUT2D eigenvalue weighted by Gasteiger charge is 2.20. The van der Waals surface area contributed by atoms with Gasteiger partial charge in [0, 0.05) is 24.1 Å². The first-order valence-corrected chi connectivity index (χ1v) is 9.03. The normalized spacial score (nSPS) is 13.5. The number of fused-ring (bicyclic) bond motifs is 3. The summed E-state index contributed by atoms with van der Waals surface area (Å²) in [6, 6.07) is 2.67. The summed E-state index contributed by atoms with van der Waals surface area (Å²) in [5.41, 5.74) is 6.60. The van der Waals surface area contributed by atoms with E-state index in [1.165, 1.54) is 23.8 Å². The maximum Gasteiger partial charge on any atom is 0.223 e. The Labute approximate surface area is 137 Å². The van der Waals surface area contributed by atoms with Crippen molar-refractivity contribution in [2.75, 3.05) is 19.1 Å². The van der Waals surface area contributed by atoms with E-state index in [9.17, 15) is 12.8 Å². The lowest BCUT2D eigenvalue weighted by atomic mass is 10.2. The number of nitrogens with two attached hydrogens (primary N) is 1. The highest BCUT2D eigenvalue weighted by Crippen LogP contribution is 2.27. The second-order valence-corrected chi connectivity index (χ2v) is 8.05. The van der Waals surface area contributed by atoms with Crippen LogP contribution in [0.2, 0.25) is 0 Å². The van der Waals surface area contributed by atoms with Gasteiger partial charge in [-0.1, -0.05) is 0 Å². The molecule has 2 aromatic heterocycles. The molecule has 8 nitrogen and oxygen atoms in total.